The van der Waals surface area contributed by atoms with Crippen LogP contribution in [-0.4, -0.2) is 73.2 Å². The predicted octanol–water partition coefficient (Wildman–Crippen LogP) is 6.51. The number of amides is 2. The summed E-state index contributed by atoms with van der Waals surface area (Å²) in [5.41, 5.74) is 4.52. The predicted molar refractivity (Wildman–Crippen MR) is 192 cm³/mol. The Morgan fingerprint density at radius 2 is 1.49 bits per heavy atom. The van der Waals surface area contributed by atoms with Crippen molar-refractivity contribution in [3.8, 4) is 22.8 Å². The number of methoxy groups -OCH3 is 1. The molecule has 4 aromatic carbocycles. The normalized spacial score (nSPS) is 13.4. The van der Waals surface area contributed by atoms with Crippen LogP contribution in [0.5, 0.6) is 11.5 Å². The Hall–Kier alpha value is -5.89. The van der Waals surface area contributed by atoms with Gasteiger partial charge >= 0.3 is 6.36 Å². The maximum Gasteiger partial charge on any atom is 0.573 e. The standard InChI is InChI=1S/C39H38F4N6O4/c1-47-17-19-48(20-18-47)31-11-9-29(10-12-31)38(51)45-36-23-35(49(46-36)25-27-5-13-32(52-2)14-6-27)28-7-3-26(4-8-28)21-37(50)44-24-30-22-33(15-16-34(30)40)53-39(41,42)43/h3-16,22-23H,17-21,24-25H2,1-2H3,(H,44,50)(H,45,46,51). The fraction of sp³-hybridized carbons (Fsp3) is 0.256. The van der Waals surface area contributed by atoms with Crippen LogP contribution in [0.4, 0.5) is 29.1 Å². The van der Waals surface area contributed by atoms with Crippen LogP contribution < -0.4 is 25.0 Å². The lowest BCUT2D eigenvalue weighted by molar-refractivity contribution is -0.274. The number of halogens is 4. The first-order valence-electron chi connectivity index (χ1n) is 16.9. The summed E-state index contributed by atoms with van der Waals surface area (Å²) in [4.78, 5) is 30.6. The van der Waals surface area contributed by atoms with E-state index < -0.39 is 23.8 Å². The topological polar surface area (TPSA) is 101 Å². The van der Waals surface area contributed by atoms with E-state index in [4.69, 9.17) is 9.84 Å². The lowest BCUT2D eigenvalue weighted by atomic mass is 10.1. The number of likely N-dealkylation sites (N-methyl/N-ethyl adjacent to an activating group) is 1. The van der Waals surface area contributed by atoms with Crippen molar-refractivity contribution in [1.82, 2.24) is 20.0 Å². The average Bonchev–Trinajstić information content (AvgIpc) is 3.53. The van der Waals surface area contributed by atoms with Gasteiger partial charge in [0.25, 0.3) is 5.91 Å². The second kappa shape index (κ2) is 16.2. The molecule has 2 N–H and O–H groups in total. The molecule has 2 heterocycles. The summed E-state index contributed by atoms with van der Waals surface area (Å²) >= 11 is 0. The summed E-state index contributed by atoms with van der Waals surface area (Å²) in [7, 11) is 3.70. The molecule has 0 spiro atoms. The van der Waals surface area contributed by atoms with E-state index in [0.29, 0.717) is 29.2 Å². The minimum atomic E-state index is -4.93. The monoisotopic (exact) mass is 730 g/mol. The Morgan fingerprint density at radius 3 is 2.15 bits per heavy atom. The number of hydrogen-bond acceptors (Lipinski definition) is 7. The molecule has 1 aliphatic rings. The molecule has 5 aromatic rings. The highest BCUT2D eigenvalue weighted by Gasteiger charge is 2.31. The van der Waals surface area contributed by atoms with Crippen molar-refractivity contribution < 1.29 is 36.6 Å². The van der Waals surface area contributed by atoms with Gasteiger partial charge in [0, 0.05) is 55.6 Å². The van der Waals surface area contributed by atoms with E-state index in [1.54, 1.807) is 30.0 Å². The van der Waals surface area contributed by atoms with E-state index in [1.807, 2.05) is 60.7 Å². The molecular weight excluding hydrogens is 692 g/mol. The van der Waals surface area contributed by atoms with Crippen molar-refractivity contribution in [3.05, 3.63) is 125 Å². The SMILES string of the molecule is COc1ccc(Cn2nc(NC(=O)c3ccc(N4CCN(C)CC4)cc3)cc2-c2ccc(CC(=O)NCc3cc(OC(F)(F)F)ccc3F)cc2)cc1. The van der Waals surface area contributed by atoms with Crippen molar-refractivity contribution >= 4 is 23.3 Å². The fourth-order valence-electron chi connectivity index (χ4n) is 5.93. The lowest BCUT2D eigenvalue weighted by Gasteiger charge is -2.34. The van der Waals surface area contributed by atoms with E-state index in [1.165, 1.54) is 0 Å². The smallest absolute Gasteiger partial charge is 0.497 e. The van der Waals surface area contributed by atoms with Gasteiger partial charge in [0.15, 0.2) is 5.82 Å². The first-order chi connectivity index (χ1) is 25.4. The number of aromatic nitrogens is 2. The Kier molecular flexibility index (Phi) is 11.3. The minimum absolute atomic E-state index is 0.0549. The van der Waals surface area contributed by atoms with Crippen LogP contribution in [-0.2, 0) is 24.3 Å². The van der Waals surface area contributed by atoms with Gasteiger partial charge in [-0.1, -0.05) is 36.4 Å². The number of ether oxygens (including phenoxy) is 2. The Labute approximate surface area is 303 Å². The number of hydrogen-bond donors (Lipinski definition) is 2. The highest BCUT2D eigenvalue weighted by atomic mass is 19.4. The molecule has 1 aromatic heterocycles. The van der Waals surface area contributed by atoms with Gasteiger partial charge < -0.3 is 29.9 Å². The number of rotatable bonds is 12. The molecule has 0 saturated carbocycles. The van der Waals surface area contributed by atoms with Gasteiger partial charge in [-0.3, -0.25) is 14.3 Å². The van der Waals surface area contributed by atoms with Crippen molar-refractivity contribution in [3.63, 3.8) is 0 Å². The number of nitrogens with one attached hydrogen (secondary N) is 2. The zero-order valence-corrected chi connectivity index (χ0v) is 29.1. The molecule has 53 heavy (non-hydrogen) atoms. The largest absolute Gasteiger partial charge is 0.573 e. The van der Waals surface area contributed by atoms with Crippen molar-refractivity contribution in [2.24, 2.45) is 0 Å². The summed E-state index contributed by atoms with van der Waals surface area (Å²) in [5, 5.41) is 10.2. The van der Waals surface area contributed by atoms with Crippen LogP contribution in [0.2, 0.25) is 0 Å². The number of carbonyl (C=O) groups is 2. The van der Waals surface area contributed by atoms with Crippen molar-refractivity contribution in [2.75, 3.05) is 50.6 Å². The minimum Gasteiger partial charge on any atom is -0.497 e. The lowest BCUT2D eigenvalue weighted by Crippen LogP contribution is -2.44. The molecule has 1 saturated heterocycles. The van der Waals surface area contributed by atoms with E-state index in [0.717, 1.165) is 66.9 Å². The third kappa shape index (κ3) is 9.92. The van der Waals surface area contributed by atoms with Gasteiger partial charge in [0.05, 0.1) is 25.8 Å². The number of nitrogens with zero attached hydrogens (tertiary/aromatic N) is 4. The van der Waals surface area contributed by atoms with Gasteiger partial charge in [-0.25, -0.2) is 4.39 Å². The number of anilines is 2. The third-order valence-corrected chi connectivity index (χ3v) is 8.85. The van der Waals surface area contributed by atoms with Crippen molar-refractivity contribution in [2.45, 2.75) is 25.9 Å². The highest BCUT2D eigenvalue weighted by molar-refractivity contribution is 6.04. The van der Waals surface area contributed by atoms with E-state index >= 15 is 0 Å². The van der Waals surface area contributed by atoms with Crippen LogP contribution in [0.3, 0.4) is 0 Å². The summed E-state index contributed by atoms with van der Waals surface area (Å²) in [6, 6.07) is 26.7. The second-order valence-electron chi connectivity index (χ2n) is 12.7. The van der Waals surface area contributed by atoms with Crippen molar-refractivity contribution in [1.29, 1.82) is 0 Å². The number of carbonyl (C=O) groups excluding carboxylic acids is 2. The maximum absolute atomic E-state index is 14.2. The van der Waals surface area contributed by atoms with E-state index in [2.05, 4.69) is 32.2 Å². The second-order valence-corrected chi connectivity index (χ2v) is 12.7. The van der Waals surface area contributed by atoms with Crippen LogP contribution in [0.1, 0.15) is 27.0 Å². The molecule has 1 fully saturated rings. The van der Waals surface area contributed by atoms with Crippen LogP contribution >= 0.6 is 0 Å². The fourth-order valence-corrected chi connectivity index (χ4v) is 5.93. The summed E-state index contributed by atoms with van der Waals surface area (Å²) in [6.45, 7) is 3.88. The molecule has 0 bridgehead atoms. The summed E-state index contributed by atoms with van der Waals surface area (Å²) in [6.07, 6.45) is -4.98. The number of benzene rings is 4. The molecule has 276 valence electrons. The van der Waals surface area contributed by atoms with Gasteiger partial charge in [-0.05, 0) is 78.3 Å². The Morgan fingerprint density at radius 1 is 0.830 bits per heavy atom. The van der Waals surface area contributed by atoms with Gasteiger partial charge in [0.1, 0.15) is 17.3 Å². The summed E-state index contributed by atoms with van der Waals surface area (Å²) < 4.78 is 62.9. The summed E-state index contributed by atoms with van der Waals surface area (Å²) in [5.74, 6) is -1.02. The molecule has 0 radical (unpaired) electrons. The molecule has 0 atom stereocenters. The van der Waals surface area contributed by atoms with Gasteiger partial charge in [-0.15, -0.1) is 13.2 Å². The molecule has 1 aliphatic heterocycles. The first-order valence-corrected chi connectivity index (χ1v) is 16.9. The number of alkyl halides is 3. The average molecular weight is 731 g/mol. The van der Waals surface area contributed by atoms with E-state index in [9.17, 15) is 27.2 Å². The molecule has 10 nitrogen and oxygen atoms in total. The third-order valence-electron chi connectivity index (χ3n) is 8.85. The van der Waals surface area contributed by atoms with Gasteiger partial charge in [0.2, 0.25) is 5.91 Å². The Balaban J connectivity index is 1.14. The zero-order valence-electron chi connectivity index (χ0n) is 29.1. The molecular formula is C39H38F4N6O4. The Bertz CT molecular complexity index is 2030. The molecule has 0 unspecified atom stereocenters. The van der Waals surface area contributed by atoms with Crippen LogP contribution in [0.15, 0.2) is 97.1 Å². The maximum atomic E-state index is 14.2. The molecule has 0 aliphatic carbocycles. The molecule has 14 heteroatoms. The quantitative estimate of drug-likeness (QED) is 0.141. The number of piperazine rings is 1. The van der Waals surface area contributed by atoms with Crippen LogP contribution in [0.25, 0.3) is 11.3 Å². The zero-order chi connectivity index (χ0) is 37.5. The first kappa shape index (κ1) is 36.9. The van der Waals surface area contributed by atoms with Crippen LogP contribution in [0, 0.1) is 5.82 Å². The molecule has 6 rings (SSSR count). The van der Waals surface area contributed by atoms with E-state index in [-0.39, 0.29) is 24.4 Å². The molecule has 2 amide bonds. The highest BCUT2D eigenvalue weighted by Crippen LogP contribution is 2.27. The van der Waals surface area contributed by atoms with Gasteiger partial charge in [-0.2, -0.15) is 5.10 Å².